The molecule has 26 atom stereocenters. The summed E-state index contributed by atoms with van der Waals surface area (Å²) in [5.74, 6) is -6.61. The molecule has 5 heterocycles. The number of nitrogens with one attached hydrogen (secondary N) is 1. The van der Waals surface area contributed by atoms with Gasteiger partial charge in [-0.15, -0.1) is 0 Å². The Kier molecular flexibility index (Phi) is 18.8. The molecule has 0 aromatic heterocycles. The van der Waals surface area contributed by atoms with Crippen LogP contribution in [0.25, 0.3) is 0 Å². The lowest BCUT2D eigenvalue weighted by Crippen LogP contribution is -2.69. The van der Waals surface area contributed by atoms with Crippen LogP contribution in [0.2, 0.25) is 0 Å². The second kappa shape index (κ2) is 22.6. The summed E-state index contributed by atoms with van der Waals surface area (Å²) in [7, 11) is 0. The Morgan fingerprint density at radius 1 is 0.662 bits per heavy atom. The molecule has 0 radical (unpaired) electrons. The van der Waals surface area contributed by atoms with Crippen LogP contribution in [0, 0.1) is 5.92 Å². The second-order valence-corrected chi connectivity index (χ2v) is 16.8. The summed E-state index contributed by atoms with van der Waals surface area (Å²) in [6.45, 7) is -0.560. The molecule has 378 valence electrons. The zero-order chi connectivity index (χ0) is 48.4. The fraction of sp³-hybridized carbons (Fsp3) is 0.946. The Morgan fingerprint density at radius 2 is 1.20 bits per heavy atom. The zero-order valence-electron chi connectivity index (χ0n) is 35.3. The van der Waals surface area contributed by atoms with Crippen molar-refractivity contribution in [3.8, 4) is 0 Å². The summed E-state index contributed by atoms with van der Waals surface area (Å²) in [6.07, 6.45) is -42.2. The number of hydrogen-bond acceptors (Lipinski definition) is 26. The van der Waals surface area contributed by atoms with E-state index in [0.29, 0.717) is 0 Å². The molecule has 0 spiro atoms. The fourth-order valence-corrected chi connectivity index (χ4v) is 8.47. The highest BCUT2D eigenvalue weighted by Crippen LogP contribution is 2.40. The molecular weight excluding hydrogens is 890 g/mol. The minimum atomic E-state index is -2.98. The molecule has 0 aliphatic carbocycles. The van der Waals surface area contributed by atoms with Crippen molar-refractivity contribution in [1.82, 2.24) is 5.32 Å². The third kappa shape index (κ3) is 11.4. The first-order valence-corrected chi connectivity index (χ1v) is 20.9. The van der Waals surface area contributed by atoms with E-state index in [1.807, 2.05) is 0 Å². The van der Waals surface area contributed by atoms with Gasteiger partial charge >= 0.3 is 5.97 Å². The second-order valence-electron chi connectivity index (χ2n) is 16.8. The highest BCUT2D eigenvalue weighted by atomic mass is 16.8. The summed E-state index contributed by atoms with van der Waals surface area (Å²) < 4.78 is 51.3. The molecule has 0 aromatic rings. The average molecular weight is 954 g/mol. The lowest BCUT2D eigenvalue weighted by Gasteiger charge is -2.50. The van der Waals surface area contributed by atoms with Gasteiger partial charge in [-0.2, -0.15) is 0 Å². The fourth-order valence-electron chi connectivity index (χ4n) is 8.47. The molecule has 28 nitrogen and oxygen atoms in total. The molecule has 5 fully saturated rings. The van der Waals surface area contributed by atoms with Crippen LogP contribution >= 0.6 is 0 Å². The van der Waals surface area contributed by atoms with Crippen LogP contribution in [0.5, 0.6) is 0 Å². The molecule has 0 saturated carbocycles. The van der Waals surface area contributed by atoms with Crippen LogP contribution in [0.1, 0.15) is 27.2 Å². The van der Waals surface area contributed by atoms with Crippen LogP contribution in [0.15, 0.2) is 0 Å². The third-order valence-electron chi connectivity index (χ3n) is 12.3. The summed E-state index contributed by atoms with van der Waals surface area (Å²) >= 11 is 0. The van der Waals surface area contributed by atoms with E-state index in [1.165, 1.54) is 13.8 Å². The quantitative estimate of drug-likeness (QED) is 0.0644. The Bertz CT molecular complexity index is 1530. The molecule has 28 heteroatoms. The van der Waals surface area contributed by atoms with Crippen molar-refractivity contribution in [2.75, 3.05) is 33.0 Å². The van der Waals surface area contributed by atoms with Gasteiger partial charge in [-0.1, -0.05) is 6.92 Å². The predicted octanol–water partition coefficient (Wildman–Crippen LogP) is -10.2. The van der Waals surface area contributed by atoms with Gasteiger partial charge in [-0.05, 0) is 6.92 Å². The lowest BCUT2D eigenvalue weighted by molar-refractivity contribution is -0.383. The van der Waals surface area contributed by atoms with E-state index >= 15 is 0 Å². The van der Waals surface area contributed by atoms with Crippen LogP contribution in [0.3, 0.4) is 0 Å². The van der Waals surface area contributed by atoms with E-state index in [0.717, 1.165) is 6.92 Å². The van der Waals surface area contributed by atoms with E-state index < -0.39 is 210 Å². The Labute approximate surface area is 369 Å². The number of carboxylic acids is 1. The van der Waals surface area contributed by atoms with E-state index in [-0.39, 0.29) is 0 Å². The number of rotatable bonds is 17. The number of aliphatic hydroxyl groups is 15. The molecular formula is C37H63NO27. The van der Waals surface area contributed by atoms with Crippen LogP contribution in [-0.4, -0.2) is 279 Å². The number of amides is 1. The normalized spacial score (nSPS) is 48.3. The van der Waals surface area contributed by atoms with Crippen molar-refractivity contribution in [3.05, 3.63) is 0 Å². The Balaban J connectivity index is 1.37. The summed E-state index contributed by atoms with van der Waals surface area (Å²) in [4.78, 5) is 25.0. The number of carbonyl (C=O) groups is 2. The van der Waals surface area contributed by atoms with Crippen molar-refractivity contribution in [1.29, 1.82) is 0 Å². The maximum Gasteiger partial charge on any atom is 0.364 e. The van der Waals surface area contributed by atoms with Gasteiger partial charge < -0.3 is 130 Å². The van der Waals surface area contributed by atoms with Crippen molar-refractivity contribution >= 4 is 11.9 Å². The van der Waals surface area contributed by atoms with Crippen LogP contribution in [-0.2, 0) is 52.2 Å². The predicted molar refractivity (Wildman–Crippen MR) is 202 cm³/mol. The molecule has 5 aliphatic heterocycles. The third-order valence-corrected chi connectivity index (χ3v) is 12.3. The number of ether oxygens (including phenoxy) is 9. The SMILES string of the molecule is CC(=O)NC1[C@H](C)OC(CO[C@@H]2OC(CO)[C@@H](O[C@@H]3OC(CO)[C@H](O)[C@H](O)C3O)[C@H](O)C2O)[C@@H](O[C@@H]2OC(CO)[C@H](O)[C@H](OC3(C(=O)O)CC(O)[C@@H](C)[C@H]([C@H](O)[C@H](O)CO)O3)C2O)[C@@H]1O. The number of aliphatic hydroxyl groups excluding tert-OH is 15. The number of carboxylic acid groups (broad SMARTS) is 1. The van der Waals surface area contributed by atoms with Crippen LogP contribution < -0.4 is 5.32 Å². The molecule has 17 N–H and O–H groups in total. The van der Waals surface area contributed by atoms with E-state index in [1.54, 1.807) is 0 Å². The van der Waals surface area contributed by atoms with Gasteiger partial charge in [0.2, 0.25) is 5.91 Å². The van der Waals surface area contributed by atoms with Gasteiger partial charge in [-0.25, -0.2) is 4.79 Å². The van der Waals surface area contributed by atoms with Crippen molar-refractivity contribution < 1.29 is 134 Å². The van der Waals surface area contributed by atoms with Crippen molar-refractivity contribution in [2.24, 2.45) is 5.92 Å². The van der Waals surface area contributed by atoms with Gasteiger partial charge in [0, 0.05) is 19.3 Å². The minimum absolute atomic E-state index is 0.634. The van der Waals surface area contributed by atoms with Gasteiger partial charge in [0.05, 0.1) is 57.4 Å². The maximum absolute atomic E-state index is 12.8. The van der Waals surface area contributed by atoms with E-state index in [9.17, 15) is 91.3 Å². The Hall–Kier alpha value is -2.02. The summed E-state index contributed by atoms with van der Waals surface area (Å²) in [5, 5.41) is 171. The first-order chi connectivity index (χ1) is 30.5. The zero-order valence-corrected chi connectivity index (χ0v) is 35.3. The van der Waals surface area contributed by atoms with Crippen molar-refractivity contribution in [2.45, 2.75) is 180 Å². The van der Waals surface area contributed by atoms with Gasteiger partial charge in [0.15, 0.2) is 18.9 Å². The minimum Gasteiger partial charge on any atom is -0.477 e. The highest BCUT2D eigenvalue weighted by Gasteiger charge is 2.60. The average Bonchev–Trinajstić information content (AvgIpc) is 3.27. The molecule has 1 amide bonds. The smallest absolute Gasteiger partial charge is 0.364 e. The number of hydrogen-bond donors (Lipinski definition) is 17. The molecule has 65 heavy (non-hydrogen) atoms. The first kappa shape index (κ1) is 53.9. The standard InChI is InChI=1S/C37H63NO27/c1-10-13(44)4-37(36(55)56,64-29(10)20(46)14(45)5-39)65-32-22(48)16(7-41)60-35(28(32)54)63-31-18(58-11(2)19(23(31)49)38-12(3)43)9-57-33-27(53)25(51)30(17(8-42)61-33)62-34-26(52)24(50)21(47)15(6-40)59-34/h10-11,13-35,39-42,44-54H,4-9H2,1-3H3,(H,38,43)(H,55,56)/t10-,11+,13?,14-,15?,16?,17?,18?,19?,20-,21+,22+,23-,24+,25-,26?,27?,28?,29-,30-,31-,32+,33-,34+,35+,37?/m1/s1. The highest BCUT2D eigenvalue weighted by molar-refractivity contribution is 5.76. The largest absolute Gasteiger partial charge is 0.477 e. The van der Waals surface area contributed by atoms with E-state index in [4.69, 9.17) is 42.6 Å². The van der Waals surface area contributed by atoms with Crippen LogP contribution in [0.4, 0.5) is 0 Å². The van der Waals surface area contributed by atoms with Gasteiger partial charge in [0.1, 0.15) is 104 Å². The molecule has 5 rings (SSSR count). The molecule has 10 unspecified atom stereocenters. The summed E-state index contributed by atoms with van der Waals surface area (Å²) in [6, 6.07) is -1.25. The maximum atomic E-state index is 12.8. The molecule has 5 saturated heterocycles. The first-order valence-electron chi connectivity index (χ1n) is 20.9. The number of carbonyl (C=O) groups excluding carboxylic acids is 1. The Morgan fingerprint density at radius 3 is 1.75 bits per heavy atom. The summed E-state index contributed by atoms with van der Waals surface area (Å²) in [5.41, 5.74) is 0. The van der Waals surface area contributed by atoms with Gasteiger partial charge in [0.25, 0.3) is 5.79 Å². The molecule has 5 aliphatic rings. The number of aliphatic carboxylic acids is 1. The van der Waals surface area contributed by atoms with Crippen molar-refractivity contribution in [3.63, 3.8) is 0 Å². The monoisotopic (exact) mass is 953 g/mol. The molecule has 0 bridgehead atoms. The molecule has 0 aromatic carbocycles. The van der Waals surface area contributed by atoms with Gasteiger partial charge in [-0.3, -0.25) is 4.79 Å². The lowest BCUT2D eigenvalue weighted by atomic mass is 9.84. The topological polar surface area (TPSA) is 453 Å². The van der Waals surface area contributed by atoms with E-state index in [2.05, 4.69) is 5.32 Å².